The van der Waals surface area contributed by atoms with Crippen LogP contribution in [-0.4, -0.2) is 47.6 Å². The highest BCUT2D eigenvalue weighted by Gasteiger charge is 2.22. The van der Waals surface area contributed by atoms with Gasteiger partial charge >= 0.3 is 12.0 Å². The summed E-state index contributed by atoms with van der Waals surface area (Å²) in [6, 6.07) is 14.9. The summed E-state index contributed by atoms with van der Waals surface area (Å²) >= 11 is 1.46. The molecule has 1 aliphatic heterocycles. The first-order valence-electron chi connectivity index (χ1n) is 11.9. The molecule has 2 amide bonds. The van der Waals surface area contributed by atoms with Gasteiger partial charge in [-0.05, 0) is 62.4 Å². The van der Waals surface area contributed by atoms with Gasteiger partial charge in [-0.25, -0.2) is 14.6 Å². The highest BCUT2D eigenvalue weighted by atomic mass is 32.1. The average Bonchev–Trinajstić information content (AvgIpc) is 3.33. The largest absolute Gasteiger partial charge is 0.462 e. The molecule has 2 heterocycles. The second-order valence-corrected chi connectivity index (χ2v) is 9.45. The Hall–Kier alpha value is -3.46. The number of aromatic nitrogens is 2. The third-order valence-electron chi connectivity index (χ3n) is 6.03. The highest BCUT2D eigenvalue weighted by Crippen LogP contribution is 2.25. The fourth-order valence-corrected chi connectivity index (χ4v) is 4.71. The summed E-state index contributed by atoms with van der Waals surface area (Å²) in [6.07, 6.45) is 2.72. The Labute approximate surface area is 209 Å². The molecule has 1 aromatic heterocycles. The third kappa shape index (κ3) is 7.02. The Morgan fingerprint density at radius 3 is 2.49 bits per heavy atom. The topological polar surface area (TPSA) is 96.4 Å². The monoisotopic (exact) mass is 493 g/mol. The van der Waals surface area contributed by atoms with Crippen molar-refractivity contribution < 1.29 is 14.3 Å². The van der Waals surface area contributed by atoms with Gasteiger partial charge in [-0.15, -0.1) is 0 Å². The lowest BCUT2D eigenvalue weighted by atomic mass is 9.97. The predicted molar refractivity (Wildman–Crippen MR) is 138 cm³/mol. The second kappa shape index (κ2) is 11.8. The molecular weight excluding hydrogens is 462 g/mol. The number of carbonyl (C=O) groups is 2. The van der Waals surface area contributed by atoms with E-state index in [2.05, 4.69) is 51.1 Å². The van der Waals surface area contributed by atoms with Gasteiger partial charge in [-0.1, -0.05) is 29.8 Å². The van der Waals surface area contributed by atoms with Crippen LogP contribution in [-0.2, 0) is 11.2 Å². The first kappa shape index (κ1) is 24.7. The normalized spacial score (nSPS) is 13.9. The SMILES string of the molecule is CCOC(=O)c1ccc(NC(=O)NCC2CCN(c3nc(Cc4ccc(C)cc4)ns3)CC2)cc1. The van der Waals surface area contributed by atoms with Crippen LogP contribution in [0.5, 0.6) is 0 Å². The minimum atomic E-state index is -0.370. The van der Waals surface area contributed by atoms with Gasteiger partial charge in [-0.3, -0.25) is 0 Å². The van der Waals surface area contributed by atoms with Gasteiger partial charge in [0, 0.05) is 43.3 Å². The van der Waals surface area contributed by atoms with Gasteiger partial charge in [-0.2, -0.15) is 4.37 Å². The number of carbonyl (C=O) groups excluding carboxylic acids is 2. The Balaban J connectivity index is 1.18. The van der Waals surface area contributed by atoms with Crippen LogP contribution in [0.25, 0.3) is 0 Å². The molecule has 9 heteroatoms. The first-order chi connectivity index (χ1) is 17.0. The zero-order valence-electron chi connectivity index (χ0n) is 20.1. The van der Waals surface area contributed by atoms with Crippen LogP contribution in [0.15, 0.2) is 48.5 Å². The van der Waals surface area contributed by atoms with Crippen molar-refractivity contribution in [1.82, 2.24) is 14.7 Å². The summed E-state index contributed by atoms with van der Waals surface area (Å²) in [5.74, 6) is 0.915. The molecule has 0 spiro atoms. The van der Waals surface area contributed by atoms with Crippen molar-refractivity contribution in [3.63, 3.8) is 0 Å². The number of piperidine rings is 1. The Morgan fingerprint density at radius 2 is 1.80 bits per heavy atom. The van der Waals surface area contributed by atoms with Crippen molar-refractivity contribution in [3.8, 4) is 0 Å². The number of nitrogens with zero attached hydrogens (tertiary/aromatic N) is 3. The maximum absolute atomic E-state index is 12.3. The molecule has 8 nitrogen and oxygen atoms in total. The summed E-state index contributed by atoms with van der Waals surface area (Å²) in [4.78, 5) is 31.1. The van der Waals surface area contributed by atoms with Crippen molar-refractivity contribution in [2.24, 2.45) is 5.92 Å². The number of rotatable bonds is 8. The van der Waals surface area contributed by atoms with Crippen LogP contribution in [0.4, 0.5) is 15.6 Å². The molecule has 1 aliphatic rings. The summed E-state index contributed by atoms with van der Waals surface area (Å²) in [6.45, 7) is 6.61. The fraction of sp³-hybridized carbons (Fsp3) is 0.385. The standard InChI is InChI=1S/C26H31N5O3S/c1-3-34-24(32)21-8-10-22(11-9-21)28-25(33)27-17-20-12-14-31(15-13-20)26-29-23(30-35-26)16-19-6-4-18(2)5-7-19/h4-11,20H,3,12-17H2,1-2H3,(H2,27,28,33). The van der Waals surface area contributed by atoms with Gasteiger partial charge in [0.15, 0.2) is 0 Å². The molecule has 4 rings (SSSR count). The minimum absolute atomic E-state index is 0.249. The zero-order chi connectivity index (χ0) is 24.6. The lowest BCUT2D eigenvalue weighted by molar-refractivity contribution is 0.0526. The molecule has 0 aliphatic carbocycles. The van der Waals surface area contributed by atoms with Crippen LogP contribution in [0.1, 0.15) is 47.1 Å². The van der Waals surface area contributed by atoms with E-state index in [9.17, 15) is 9.59 Å². The number of anilines is 2. The van der Waals surface area contributed by atoms with Gasteiger partial charge in [0.2, 0.25) is 5.13 Å². The molecule has 2 aromatic carbocycles. The molecule has 1 fully saturated rings. The van der Waals surface area contributed by atoms with Crippen LogP contribution in [0.3, 0.4) is 0 Å². The van der Waals surface area contributed by atoms with Crippen molar-refractivity contribution in [2.45, 2.75) is 33.1 Å². The van der Waals surface area contributed by atoms with E-state index in [0.717, 1.165) is 43.3 Å². The van der Waals surface area contributed by atoms with E-state index in [1.54, 1.807) is 31.2 Å². The lowest BCUT2D eigenvalue weighted by Crippen LogP contribution is -2.39. The number of amides is 2. The Morgan fingerprint density at radius 1 is 1.09 bits per heavy atom. The predicted octanol–water partition coefficient (Wildman–Crippen LogP) is 4.65. The molecule has 0 unspecified atom stereocenters. The van der Waals surface area contributed by atoms with E-state index in [1.807, 2.05) is 0 Å². The number of aryl methyl sites for hydroxylation is 1. The summed E-state index contributed by atoms with van der Waals surface area (Å²) in [7, 11) is 0. The maximum atomic E-state index is 12.3. The molecule has 2 N–H and O–H groups in total. The number of hydrogen-bond acceptors (Lipinski definition) is 7. The molecule has 184 valence electrons. The quantitative estimate of drug-likeness (QED) is 0.444. The summed E-state index contributed by atoms with van der Waals surface area (Å²) in [5, 5.41) is 6.75. The van der Waals surface area contributed by atoms with E-state index >= 15 is 0 Å². The first-order valence-corrected chi connectivity index (χ1v) is 12.7. The van der Waals surface area contributed by atoms with E-state index < -0.39 is 0 Å². The van der Waals surface area contributed by atoms with Crippen LogP contribution in [0.2, 0.25) is 0 Å². The maximum Gasteiger partial charge on any atom is 0.338 e. The van der Waals surface area contributed by atoms with Gasteiger partial charge < -0.3 is 20.3 Å². The van der Waals surface area contributed by atoms with Crippen LogP contribution in [0, 0.1) is 12.8 Å². The molecule has 3 aromatic rings. The average molecular weight is 494 g/mol. The van der Waals surface area contributed by atoms with Crippen molar-refractivity contribution in [2.75, 3.05) is 36.5 Å². The van der Waals surface area contributed by atoms with Gasteiger partial charge in [0.05, 0.1) is 12.2 Å². The van der Waals surface area contributed by atoms with Crippen LogP contribution >= 0.6 is 11.5 Å². The molecule has 0 atom stereocenters. The molecule has 1 saturated heterocycles. The lowest BCUT2D eigenvalue weighted by Gasteiger charge is -2.31. The van der Waals surface area contributed by atoms with E-state index in [-0.39, 0.29) is 12.0 Å². The van der Waals surface area contributed by atoms with Crippen molar-refractivity contribution in [3.05, 3.63) is 71.0 Å². The zero-order valence-corrected chi connectivity index (χ0v) is 20.9. The number of hydrogen-bond donors (Lipinski definition) is 2. The highest BCUT2D eigenvalue weighted by molar-refractivity contribution is 7.09. The van der Waals surface area contributed by atoms with Crippen molar-refractivity contribution in [1.29, 1.82) is 0 Å². The molecule has 35 heavy (non-hydrogen) atoms. The van der Waals surface area contributed by atoms with E-state index in [4.69, 9.17) is 9.72 Å². The number of urea groups is 1. The number of esters is 1. The van der Waals surface area contributed by atoms with Gasteiger partial charge in [0.1, 0.15) is 5.82 Å². The molecule has 0 radical (unpaired) electrons. The molecule has 0 saturated carbocycles. The summed E-state index contributed by atoms with van der Waals surface area (Å²) < 4.78 is 9.52. The van der Waals surface area contributed by atoms with Crippen LogP contribution < -0.4 is 15.5 Å². The number of ether oxygens (including phenoxy) is 1. The fourth-order valence-electron chi connectivity index (χ4n) is 3.98. The van der Waals surface area contributed by atoms with Crippen molar-refractivity contribution >= 4 is 34.4 Å². The Bertz CT molecular complexity index is 1120. The summed E-state index contributed by atoms with van der Waals surface area (Å²) in [5.41, 5.74) is 3.56. The van der Waals surface area contributed by atoms with E-state index in [1.165, 1.54) is 22.7 Å². The third-order valence-corrected chi connectivity index (χ3v) is 6.85. The van der Waals surface area contributed by atoms with Gasteiger partial charge in [0.25, 0.3) is 0 Å². The second-order valence-electron chi connectivity index (χ2n) is 8.72. The van der Waals surface area contributed by atoms with E-state index in [0.29, 0.717) is 30.3 Å². The minimum Gasteiger partial charge on any atom is -0.462 e. The smallest absolute Gasteiger partial charge is 0.338 e. The number of benzene rings is 2. The molecule has 0 bridgehead atoms. The number of nitrogens with one attached hydrogen (secondary N) is 2. The Kier molecular flexibility index (Phi) is 8.31. The molecular formula is C26H31N5O3S.